The Morgan fingerprint density at radius 1 is 1.04 bits per heavy atom. The Labute approximate surface area is 149 Å². The van der Waals surface area contributed by atoms with E-state index in [0.29, 0.717) is 19.1 Å². The minimum Gasteiger partial charge on any atom is -0.445 e. The molecular formula is C22H25NO2. The van der Waals surface area contributed by atoms with E-state index in [9.17, 15) is 4.79 Å². The summed E-state index contributed by atoms with van der Waals surface area (Å²) in [7, 11) is 0. The molecule has 1 N–H and O–H groups in total. The normalized spacial score (nSPS) is 16.8. The summed E-state index contributed by atoms with van der Waals surface area (Å²) in [5.41, 5.74) is 3.87. The zero-order chi connectivity index (χ0) is 17.3. The second-order valence-corrected chi connectivity index (χ2v) is 6.48. The predicted molar refractivity (Wildman–Crippen MR) is 100 cm³/mol. The van der Waals surface area contributed by atoms with Crippen molar-refractivity contribution in [1.29, 1.82) is 0 Å². The van der Waals surface area contributed by atoms with Gasteiger partial charge in [0, 0.05) is 6.54 Å². The van der Waals surface area contributed by atoms with Crippen LogP contribution < -0.4 is 5.32 Å². The number of benzene rings is 2. The molecule has 0 bridgehead atoms. The van der Waals surface area contributed by atoms with Crippen LogP contribution in [0.5, 0.6) is 0 Å². The summed E-state index contributed by atoms with van der Waals surface area (Å²) in [5.74, 6) is 0.633. The van der Waals surface area contributed by atoms with Crippen molar-refractivity contribution in [1.82, 2.24) is 5.32 Å². The van der Waals surface area contributed by atoms with Crippen molar-refractivity contribution < 1.29 is 9.53 Å². The van der Waals surface area contributed by atoms with E-state index in [1.807, 2.05) is 30.3 Å². The molecule has 0 spiro atoms. The van der Waals surface area contributed by atoms with E-state index in [1.165, 1.54) is 17.6 Å². The molecule has 0 aromatic heterocycles. The smallest absolute Gasteiger partial charge is 0.407 e. The first-order valence-electron chi connectivity index (χ1n) is 8.98. The van der Waals surface area contributed by atoms with Gasteiger partial charge in [-0.25, -0.2) is 4.79 Å². The second kappa shape index (κ2) is 9.07. The molecule has 2 aromatic rings. The summed E-state index contributed by atoms with van der Waals surface area (Å²) in [5, 5.41) is 2.84. The third-order valence-corrected chi connectivity index (χ3v) is 4.70. The van der Waals surface area contributed by atoms with Crippen molar-refractivity contribution in [3.63, 3.8) is 0 Å². The van der Waals surface area contributed by atoms with Gasteiger partial charge in [-0.2, -0.15) is 0 Å². The second-order valence-electron chi connectivity index (χ2n) is 6.48. The molecule has 1 aliphatic carbocycles. The van der Waals surface area contributed by atoms with E-state index >= 15 is 0 Å². The molecule has 0 radical (unpaired) electrons. The number of amides is 1. The summed E-state index contributed by atoms with van der Waals surface area (Å²) >= 11 is 0. The molecular weight excluding hydrogens is 310 g/mol. The lowest BCUT2D eigenvalue weighted by atomic mass is 9.84. The zero-order valence-corrected chi connectivity index (χ0v) is 14.5. The predicted octanol–water partition coefficient (Wildman–Crippen LogP) is 5.20. The Morgan fingerprint density at radius 3 is 2.44 bits per heavy atom. The van der Waals surface area contributed by atoms with E-state index in [2.05, 4.69) is 41.7 Å². The summed E-state index contributed by atoms with van der Waals surface area (Å²) in [4.78, 5) is 11.7. The highest BCUT2D eigenvalue weighted by atomic mass is 16.5. The van der Waals surface area contributed by atoms with Gasteiger partial charge in [-0.3, -0.25) is 0 Å². The van der Waals surface area contributed by atoms with Gasteiger partial charge in [-0.05, 0) is 42.7 Å². The van der Waals surface area contributed by atoms with Gasteiger partial charge in [0.05, 0.1) is 0 Å². The quantitative estimate of drug-likeness (QED) is 0.737. The summed E-state index contributed by atoms with van der Waals surface area (Å²) < 4.78 is 5.22. The van der Waals surface area contributed by atoms with Crippen LogP contribution in [-0.2, 0) is 11.3 Å². The van der Waals surface area contributed by atoms with E-state index in [-0.39, 0.29) is 6.09 Å². The topological polar surface area (TPSA) is 38.3 Å². The Kier molecular flexibility index (Phi) is 6.27. The number of ether oxygens (including phenoxy) is 1. The van der Waals surface area contributed by atoms with Gasteiger partial charge >= 0.3 is 6.09 Å². The van der Waals surface area contributed by atoms with E-state index < -0.39 is 0 Å². The number of alkyl carbamates (subject to hydrolysis) is 1. The maximum Gasteiger partial charge on any atom is 0.407 e. The summed E-state index contributed by atoms with van der Waals surface area (Å²) in [6.45, 7) is 0.948. The van der Waals surface area contributed by atoms with Crippen LogP contribution >= 0.6 is 0 Å². The minimum atomic E-state index is -0.345. The highest BCUT2D eigenvalue weighted by Gasteiger charge is 2.16. The van der Waals surface area contributed by atoms with Crippen molar-refractivity contribution in [3.05, 3.63) is 83.4 Å². The van der Waals surface area contributed by atoms with Gasteiger partial charge in [-0.15, -0.1) is 0 Å². The van der Waals surface area contributed by atoms with Crippen LogP contribution in [0.1, 0.15) is 42.7 Å². The molecule has 3 heteroatoms. The maximum atomic E-state index is 11.7. The number of hydrogen-bond donors (Lipinski definition) is 1. The largest absolute Gasteiger partial charge is 0.445 e. The Bertz CT molecular complexity index is 694. The van der Waals surface area contributed by atoms with Crippen molar-refractivity contribution in [2.45, 2.75) is 38.2 Å². The lowest BCUT2D eigenvalue weighted by Crippen LogP contribution is -2.25. The Hall–Kier alpha value is -2.55. The highest BCUT2D eigenvalue weighted by molar-refractivity contribution is 5.67. The number of rotatable bonds is 6. The molecule has 0 fully saturated rings. The van der Waals surface area contributed by atoms with Crippen LogP contribution in [0.25, 0.3) is 0 Å². The zero-order valence-electron chi connectivity index (χ0n) is 14.5. The van der Waals surface area contributed by atoms with E-state index in [1.54, 1.807) is 0 Å². The van der Waals surface area contributed by atoms with Gasteiger partial charge in [-0.1, -0.05) is 72.3 Å². The summed E-state index contributed by atoms with van der Waals surface area (Å²) in [6, 6.07) is 20.4. The van der Waals surface area contributed by atoms with Crippen LogP contribution in [0.3, 0.4) is 0 Å². The third-order valence-electron chi connectivity index (χ3n) is 4.70. The first kappa shape index (κ1) is 17.3. The lowest BCUT2D eigenvalue weighted by molar-refractivity contribution is 0.140. The molecule has 3 rings (SSSR count). The van der Waals surface area contributed by atoms with Gasteiger partial charge in [0.2, 0.25) is 0 Å². The SMILES string of the molecule is O=C(NCCC1=CCC(c2ccccc2)CC1)OCc1ccccc1. The molecule has 25 heavy (non-hydrogen) atoms. The molecule has 2 aromatic carbocycles. The molecule has 1 amide bonds. The molecule has 1 atom stereocenters. The number of hydrogen-bond acceptors (Lipinski definition) is 2. The standard InChI is InChI=1S/C22H25NO2/c24-22(25-17-19-7-3-1-4-8-19)23-16-15-18-11-13-21(14-12-18)20-9-5-2-6-10-20/h1-11,21H,12-17H2,(H,23,24). The Balaban J connectivity index is 1.35. The number of carbonyl (C=O) groups is 1. The van der Waals surface area contributed by atoms with Crippen LogP contribution in [0.2, 0.25) is 0 Å². The van der Waals surface area contributed by atoms with Crippen LogP contribution in [0.15, 0.2) is 72.3 Å². The van der Waals surface area contributed by atoms with Crippen molar-refractivity contribution in [3.8, 4) is 0 Å². The van der Waals surface area contributed by atoms with Gasteiger partial charge < -0.3 is 10.1 Å². The van der Waals surface area contributed by atoms with E-state index in [0.717, 1.165) is 24.8 Å². The fourth-order valence-corrected chi connectivity index (χ4v) is 3.24. The molecule has 130 valence electrons. The molecule has 1 unspecified atom stereocenters. The molecule has 0 saturated heterocycles. The number of allylic oxidation sites excluding steroid dienone is 1. The van der Waals surface area contributed by atoms with Crippen molar-refractivity contribution in [2.75, 3.05) is 6.54 Å². The van der Waals surface area contributed by atoms with E-state index in [4.69, 9.17) is 4.74 Å². The monoisotopic (exact) mass is 335 g/mol. The van der Waals surface area contributed by atoms with Gasteiger partial charge in [0.25, 0.3) is 0 Å². The molecule has 0 saturated carbocycles. The average molecular weight is 335 g/mol. The molecule has 3 nitrogen and oxygen atoms in total. The Morgan fingerprint density at radius 2 is 1.76 bits per heavy atom. The van der Waals surface area contributed by atoms with Crippen LogP contribution in [0.4, 0.5) is 4.79 Å². The van der Waals surface area contributed by atoms with Crippen LogP contribution in [0, 0.1) is 0 Å². The highest BCUT2D eigenvalue weighted by Crippen LogP contribution is 2.32. The minimum absolute atomic E-state index is 0.314. The fraction of sp³-hybridized carbons (Fsp3) is 0.318. The fourth-order valence-electron chi connectivity index (χ4n) is 3.24. The van der Waals surface area contributed by atoms with Gasteiger partial charge in [0.15, 0.2) is 0 Å². The van der Waals surface area contributed by atoms with Crippen LogP contribution in [-0.4, -0.2) is 12.6 Å². The number of carbonyl (C=O) groups excluding carboxylic acids is 1. The maximum absolute atomic E-state index is 11.7. The molecule has 0 aliphatic heterocycles. The number of nitrogens with one attached hydrogen (secondary N) is 1. The van der Waals surface area contributed by atoms with Crippen molar-refractivity contribution >= 4 is 6.09 Å². The molecule has 0 heterocycles. The van der Waals surface area contributed by atoms with Gasteiger partial charge in [0.1, 0.15) is 6.61 Å². The average Bonchev–Trinajstić information content (AvgIpc) is 2.68. The third kappa shape index (κ3) is 5.49. The molecule has 1 aliphatic rings. The summed E-state index contributed by atoms with van der Waals surface area (Å²) in [6.07, 6.45) is 6.30. The van der Waals surface area contributed by atoms with Crippen molar-refractivity contribution in [2.24, 2.45) is 0 Å². The lowest BCUT2D eigenvalue weighted by Gasteiger charge is -2.22. The first-order chi connectivity index (χ1) is 12.3. The first-order valence-corrected chi connectivity index (χ1v) is 8.98.